The molecule has 2 N–H and O–H groups in total. The third-order valence-electron chi connectivity index (χ3n) is 5.21. The number of thiazole rings is 1. The van der Waals surface area contributed by atoms with E-state index >= 15 is 0 Å². The molecule has 0 aromatic carbocycles. The highest BCUT2D eigenvalue weighted by molar-refractivity contribution is 7.09. The number of carboxylic acids is 1. The van der Waals surface area contributed by atoms with Crippen molar-refractivity contribution in [2.75, 3.05) is 19.6 Å². The number of hydrogen-bond acceptors (Lipinski definition) is 5. The van der Waals surface area contributed by atoms with Gasteiger partial charge in [-0.2, -0.15) is 0 Å². The SMILES string of the molecule is Cc1ncsc1CCC(=O)N1CC[C@H]2NCCC[C@]2(C(=O)O)C1. The van der Waals surface area contributed by atoms with E-state index in [1.54, 1.807) is 21.7 Å². The zero-order valence-corrected chi connectivity index (χ0v) is 14.2. The van der Waals surface area contributed by atoms with Crippen molar-refractivity contribution in [3.8, 4) is 0 Å². The molecule has 0 spiro atoms. The van der Waals surface area contributed by atoms with Gasteiger partial charge in [-0.05, 0) is 39.2 Å². The number of nitrogens with zero attached hydrogens (tertiary/aromatic N) is 2. The Balaban J connectivity index is 1.65. The van der Waals surface area contributed by atoms with Crippen LogP contribution in [0, 0.1) is 12.3 Å². The minimum atomic E-state index is -0.813. The summed E-state index contributed by atoms with van der Waals surface area (Å²) in [5.41, 5.74) is 1.97. The lowest BCUT2D eigenvalue weighted by Gasteiger charge is -2.48. The van der Waals surface area contributed by atoms with E-state index in [1.807, 2.05) is 6.92 Å². The van der Waals surface area contributed by atoms with Crippen molar-refractivity contribution >= 4 is 23.2 Å². The number of likely N-dealkylation sites (tertiary alicyclic amines) is 1. The molecule has 3 rings (SSSR count). The third kappa shape index (κ3) is 3.12. The summed E-state index contributed by atoms with van der Waals surface area (Å²) in [6.45, 7) is 3.81. The van der Waals surface area contributed by atoms with Crippen molar-refractivity contribution in [3.05, 3.63) is 16.1 Å². The Morgan fingerprint density at radius 2 is 2.39 bits per heavy atom. The Hall–Kier alpha value is -1.47. The number of carboxylic acid groups (broad SMARTS) is 1. The quantitative estimate of drug-likeness (QED) is 0.869. The van der Waals surface area contributed by atoms with Crippen LogP contribution in [0.15, 0.2) is 5.51 Å². The monoisotopic (exact) mass is 337 g/mol. The fraction of sp³-hybridized carbons (Fsp3) is 0.688. The summed E-state index contributed by atoms with van der Waals surface area (Å²) in [6.07, 6.45) is 3.34. The molecule has 6 nitrogen and oxygen atoms in total. The molecule has 0 bridgehead atoms. The van der Waals surface area contributed by atoms with Gasteiger partial charge >= 0.3 is 5.97 Å². The van der Waals surface area contributed by atoms with Crippen LogP contribution in [-0.2, 0) is 16.0 Å². The Kier molecular flexibility index (Phi) is 4.68. The maximum atomic E-state index is 12.5. The Bertz CT molecular complexity index is 603. The van der Waals surface area contributed by atoms with Gasteiger partial charge in [-0.3, -0.25) is 9.59 Å². The fourth-order valence-electron chi connectivity index (χ4n) is 3.80. The van der Waals surface area contributed by atoms with Crippen molar-refractivity contribution in [2.45, 2.75) is 45.1 Å². The highest BCUT2D eigenvalue weighted by atomic mass is 32.1. The van der Waals surface area contributed by atoms with Crippen molar-refractivity contribution < 1.29 is 14.7 Å². The normalized spacial score (nSPS) is 27.5. The van der Waals surface area contributed by atoms with Crippen LogP contribution in [0.5, 0.6) is 0 Å². The van der Waals surface area contributed by atoms with Gasteiger partial charge in [-0.15, -0.1) is 11.3 Å². The molecule has 0 unspecified atom stereocenters. The zero-order valence-electron chi connectivity index (χ0n) is 13.4. The number of rotatable bonds is 4. The average Bonchev–Trinajstić information content (AvgIpc) is 2.97. The van der Waals surface area contributed by atoms with E-state index in [9.17, 15) is 14.7 Å². The van der Waals surface area contributed by atoms with Crippen molar-refractivity contribution in [1.29, 1.82) is 0 Å². The maximum Gasteiger partial charge on any atom is 0.313 e. The number of aromatic nitrogens is 1. The van der Waals surface area contributed by atoms with Gasteiger partial charge in [0.2, 0.25) is 5.91 Å². The molecule has 2 fully saturated rings. The molecule has 1 aromatic rings. The van der Waals surface area contributed by atoms with E-state index in [0.717, 1.165) is 30.0 Å². The summed E-state index contributed by atoms with van der Waals surface area (Å²) in [5, 5.41) is 13.1. The second-order valence-corrected chi connectivity index (χ2v) is 7.48. The number of carbonyl (C=O) groups is 2. The molecule has 2 aliphatic rings. The highest BCUT2D eigenvalue weighted by Gasteiger charge is 2.51. The second kappa shape index (κ2) is 6.57. The van der Waals surface area contributed by atoms with Crippen LogP contribution >= 0.6 is 11.3 Å². The zero-order chi connectivity index (χ0) is 16.4. The summed E-state index contributed by atoms with van der Waals surface area (Å²) in [4.78, 5) is 31.5. The van der Waals surface area contributed by atoms with E-state index in [4.69, 9.17) is 0 Å². The van der Waals surface area contributed by atoms with Gasteiger partial charge in [0.1, 0.15) is 5.41 Å². The summed E-state index contributed by atoms with van der Waals surface area (Å²) in [6, 6.07) is -0.0125. The van der Waals surface area contributed by atoms with Crippen LogP contribution in [0.1, 0.15) is 36.3 Å². The number of amides is 1. The number of hydrogen-bond donors (Lipinski definition) is 2. The van der Waals surface area contributed by atoms with Gasteiger partial charge in [0.05, 0.1) is 11.2 Å². The van der Waals surface area contributed by atoms with Gasteiger partial charge in [0.15, 0.2) is 0 Å². The van der Waals surface area contributed by atoms with Crippen molar-refractivity contribution in [2.24, 2.45) is 5.41 Å². The van der Waals surface area contributed by atoms with Crippen molar-refractivity contribution in [1.82, 2.24) is 15.2 Å². The van der Waals surface area contributed by atoms with Crippen LogP contribution in [0.3, 0.4) is 0 Å². The first-order chi connectivity index (χ1) is 11.0. The van der Waals surface area contributed by atoms with Crippen LogP contribution in [0.4, 0.5) is 0 Å². The number of aryl methyl sites for hydroxylation is 2. The van der Waals surface area contributed by atoms with Gasteiger partial charge < -0.3 is 15.3 Å². The van der Waals surface area contributed by atoms with Crippen LogP contribution in [-0.4, -0.2) is 52.5 Å². The molecule has 2 saturated heterocycles. The number of aliphatic carboxylic acids is 1. The first kappa shape index (κ1) is 16.4. The summed E-state index contributed by atoms with van der Waals surface area (Å²) >= 11 is 1.57. The molecule has 23 heavy (non-hydrogen) atoms. The Morgan fingerprint density at radius 1 is 1.57 bits per heavy atom. The number of carbonyl (C=O) groups excluding carboxylic acids is 1. The predicted molar refractivity (Wildman–Crippen MR) is 87.5 cm³/mol. The standard InChI is InChI=1S/C16H23N3O3S/c1-11-12(23-10-18-11)3-4-14(20)19-8-5-13-16(9-19,15(21)22)6-2-7-17-13/h10,13,17H,2-9H2,1H3,(H,21,22)/t13-,16+/m1/s1. The third-order valence-corrected chi connectivity index (χ3v) is 6.20. The minimum Gasteiger partial charge on any atom is -0.481 e. The lowest BCUT2D eigenvalue weighted by atomic mass is 9.70. The second-order valence-electron chi connectivity index (χ2n) is 6.54. The van der Waals surface area contributed by atoms with Crippen LogP contribution in [0.2, 0.25) is 0 Å². The van der Waals surface area contributed by atoms with Crippen LogP contribution in [0.25, 0.3) is 0 Å². The number of fused-ring (bicyclic) bond motifs is 1. The lowest BCUT2D eigenvalue weighted by Crippen LogP contribution is -2.63. The number of piperidine rings is 2. The smallest absolute Gasteiger partial charge is 0.313 e. The van der Waals surface area contributed by atoms with Gasteiger partial charge in [0.25, 0.3) is 0 Å². The predicted octanol–water partition coefficient (Wildman–Crippen LogP) is 1.44. The first-order valence-electron chi connectivity index (χ1n) is 8.16. The molecule has 0 aliphatic carbocycles. The average molecular weight is 337 g/mol. The number of nitrogens with one attached hydrogen (secondary N) is 1. The first-order valence-corrected chi connectivity index (χ1v) is 9.04. The maximum absolute atomic E-state index is 12.5. The largest absolute Gasteiger partial charge is 0.481 e. The molecule has 126 valence electrons. The Labute approximate surface area is 139 Å². The van der Waals surface area contributed by atoms with Gasteiger partial charge in [0, 0.05) is 30.4 Å². The van der Waals surface area contributed by atoms with Gasteiger partial charge in [-0.1, -0.05) is 0 Å². The minimum absolute atomic E-state index is 0.0125. The molecule has 0 saturated carbocycles. The molecule has 3 heterocycles. The topological polar surface area (TPSA) is 82.5 Å². The van der Waals surface area contributed by atoms with Crippen LogP contribution < -0.4 is 5.32 Å². The highest BCUT2D eigenvalue weighted by Crippen LogP contribution is 2.38. The van der Waals surface area contributed by atoms with E-state index in [1.165, 1.54) is 0 Å². The van der Waals surface area contributed by atoms with E-state index in [-0.39, 0.29) is 11.9 Å². The summed E-state index contributed by atoms with van der Waals surface area (Å²) in [7, 11) is 0. The molecule has 1 amide bonds. The molecular weight excluding hydrogens is 314 g/mol. The van der Waals surface area contributed by atoms with E-state index < -0.39 is 11.4 Å². The molecule has 2 aliphatic heterocycles. The molecule has 7 heteroatoms. The van der Waals surface area contributed by atoms with Crippen molar-refractivity contribution in [3.63, 3.8) is 0 Å². The van der Waals surface area contributed by atoms with E-state index in [2.05, 4.69) is 10.3 Å². The molecule has 0 radical (unpaired) electrons. The lowest BCUT2D eigenvalue weighted by molar-refractivity contribution is -0.159. The molecule has 1 aromatic heterocycles. The van der Waals surface area contributed by atoms with Gasteiger partial charge in [-0.25, -0.2) is 4.98 Å². The summed E-state index contributed by atoms with van der Waals surface area (Å²) < 4.78 is 0. The fourth-order valence-corrected chi connectivity index (χ4v) is 4.58. The van der Waals surface area contributed by atoms with E-state index in [0.29, 0.717) is 32.4 Å². The Morgan fingerprint density at radius 3 is 3.09 bits per heavy atom. The molecule has 2 atom stereocenters. The summed E-state index contributed by atoms with van der Waals surface area (Å²) in [5.74, 6) is -0.715. The molecular formula is C16H23N3O3S.